The van der Waals surface area contributed by atoms with E-state index in [4.69, 9.17) is 0 Å². The molecule has 0 aliphatic carbocycles. The first kappa shape index (κ1) is 16.2. The molecule has 4 rings (SSSR count). The van der Waals surface area contributed by atoms with E-state index in [-0.39, 0.29) is 35.5 Å². The number of carbonyl (C=O) groups excluding carboxylic acids is 1. The largest absolute Gasteiger partial charge is 0.393 e. The number of piperidine rings is 1. The summed E-state index contributed by atoms with van der Waals surface area (Å²) in [5.41, 5.74) is 0.947. The van der Waals surface area contributed by atoms with Crippen LogP contribution in [0.2, 0.25) is 0 Å². The molecule has 1 N–H and O–H groups in total. The maximum absolute atomic E-state index is 14.0. The Morgan fingerprint density at radius 1 is 1.20 bits per heavy atom. The lowest BCUT2D eigenvalue weighted by Crippen LogP contribution is -2.48. The number of nitrogens with zero attached hydrogens (tertiary/aromatic N) is 3. The predicted molar refractivity (Wildman–Crippen MR) is 86.4 cm³/mol. The van der Waals surface area contributed by atoms with E-state index < -0.39 is 11.6 Å². The van der Waals surface area contributed by atoms with Crippen molar-refractivity contribution in [1.29, 1.82) is 0 Å². The van der Waals surface area contributed by atoms with Crippen LogP contribution in [0.1, 0.15) is 41.9 Å². The second-order valence-corrected chi connectivity index (χ2v) is 6.90. The Morgan fingerprint density at radius 2 is 1.88 bits per heavy atom. The molecule has 1 aromatic carbocycles. The van der Waals surface area contributed by atoms with Crippen molar-refractivity contribution in [2.24, 2.45) is 0 Å². The molecular weight excluding hydrogens is 328 g/mol. The quantitative estimate of drug-likeness (QED) is 0.908. The van der Waals surface area contributed by atoms with Crippen LogP contribution in [-0.4, -0.2) is 43.9 Å². The minimum Gasteiger partial charge on any atom is -0.393 e. The van der Waals surface area contributed by atoms with Gasteiger partial charge in [0.05, 0.1) is 6.10 Å². The fourth-order valence-electron chi connectivity index (χ4n) is 4.09. The first-order valence-electron chi connectivity index (χ1n) is 8.47. The van der Waals surface area contributed by atoms with E-state index in [1.807, 2.05) is 4.90 Å². The second kappa shape index (κ2) is 5.91. The van der Waals surface area contributed by atoms with E-state index in [0.717, 1.165) is 25.0 Å². The third-order valence-corrected chi connectivity index (χ3v) is 5.19. The van der Waals surface area contributed by atoms with Crippen molar-refractivity contribution in [1.82, 2.24) is 14.7 Å². The van der Waals surface area contributed by atoms with Crippen LogP contribution in [-0.2, 0) is 0 Å². The molecule has 7 heteroatoms. The molecule has 2 bridgehead atoms. The Hall–Kier alpha value is -2.28. The molecule has 2 saturated heterocycles. The molecular formula is C18H19F2N3O2. The number of aromatic nitrogens is 2. The SMILES string of the molecule is Cc1cc(C(=O)N2C3CCC2CC(O)C3)nn1-c1ccc(F)cc1F. The van der Waals surface area contributed by atoms with Gasteiger partial charge in [0, 0.05) is 23.8 Å². The molecule has 2 aliphatic rings. The van der Waals surface area contributed by atoms with Crippen LogP contribution >= 0.6 is 0 Å². The van der Waals surface area contributed by atoms with Gasteiger partial charge in [-0.05, 0) is 50.8 Å². The molecule has 2 aliphatic heterocycles. The standard InChI is InChI=1S/C18H19F2N3O2/c1-10-6-16(21-23(10)17-5-2-11(19)7-15(17)20)18(25)22-12-3-4-13(22)9-14(24)8-12/h2,5-7,12-14,24H,3-4,8-9H2,1H3. The molecule has 0 radical (unpaired) electrons. The number of aliphatic hydroxyl groups excluding tert-OH is 1. The zero-order valence-electron chi connectivity index (χ0n) is 13.8. The Balaban J connectivity index is 1.65. The van der Waals surface area contributed by atoms with Crippen LogP contribution in [0.25, 0.3) is 5.69 Å². The van der Waals surface area contributed by atoms with Crippen molar-refractivity contribution in [3.63, 3.8) is 0 Å². The van der Waals surface area contributed by atoms with E-state index in [1.165, 1.54) is 10.7 Å². The molecule has 0 spiro atoms. The van der Waals surface area contributed by atoms with Gasteiger partial charge in [-0.2, -0.15) is 5.10 Å². The monoisotopic (exact) mass is 347 g/mol. The number of hydrogen-bond donors (Lipinski definition) is 1. The van der Waals surface area contributed by atoms with E-state index in [0.29, 0.717) is 18.5 Å². The zero-order chi connectivity index (χ0) is 17.7. The molecule has 5 nitrogen and oxygen atoms in total. The number of carbonyl (C=O) groups is 1. The molecule has 0 saturated carbocycles. The van der Waals surface area contributed by atoms with Crippen LogP contribution in [0.15, 0.2) is 24.3 Å². The number of fused-ring (bicyclic) bond motifs is 2. The predicted octanol–water partition coefficient (Wildman–Crippen LogP) is 2.59. The normalized spacial score (nSPS) is 25.4. The van der Waals surface area contributed by atoms with Crippen molar-refractivity contribution in [3.8, 4) is 5.69 Å². The summed E-state index contributed by atoms with van der Waals surface area (Å²) < 4.78 is 28.5. The minimum atomic E-state index is -0.730. The summed E-state index contributed by atoms with van der Waals surface area (Å²) in [6, 6.07) is 4.95. The first-order valence-corrected chi connectivity index (χ1v) is 8.47. The third kappa shape index (κ3) is 2.72. The fraction of sp³-hybridized carbons (Fsp3) is 0.444. The van der Waals surface area contributed by atoms with Gasteiger partial charge in [0.1, 0.15) is 11.5 Å². The van der Waals surface area contributed by atoms with Gasteiger partial charge < -0.3 is 10.0 Å². The van der Waals surface area contributed by atoms with Gasteiger partial charge >= 0.3 is 0 Å². The molecule has 2 unspecified atom stereocenters. The molecule has 25 heavy (non-hydrogen) atoms. The highest BCUT2D eigenvalue weighted by Gasteiger charge is 2.43. The average molecular weight is 347 g/mol. The lowest BCUT2D eigenvalue weighted by molar-refractivity contribution is 0.0282. The van der Waals surface area contributed by atoms with Crippen LogP contribution < -0.4 is 0 Å². The zero-order valence-corrected chi connectivity index (χ0v) is 13.8. The highest BCUT2D eigenvalue weighted by Crippen LogP contribution is 2.36. The van der Waals surface area contributed by atoms with Gasteiger partial charge in [-0.1, -0.05) is 0 Å². The summed E-state index contributed by atoms with van der Waals surface area (Å²) in [6.45, 7) is 1.72. The van der Waals surface area contributed by atoms with Gasteiger partial charge in [0.2, 0.25) is 0 Å². The number of benzene rings is 1. The Kier molecular flexibility index (Phi) is 3.83. The summed E-state index contributed by atoms with van der Waals surface area (Å²) in [4.78, 5) is 14.7. The van der Waals surface area contributed by atoms with Gasteiger partial charge in [0.15, 0.2) is 11.5 Å². The van der Waals surface area contributed by atoms with Gasteiger partial charge in [-0.3, -0.25) is 4.79 Å². The Morgan fingerprint density at radius 3 is 2.52 bits per heavy atom. The number of halogens is 2. The molecule has 1 aromatic heterocycles. The fourth-order valence-corrected chi connectivity index (χ4v) is 4.09. The molecule has 2 atom stereocenters. The van der Waals surface area contributed by atoms with Crippen LogP contribution in [0.4, 0.5) is 8.78 Å². The van der Waals surface area contributed by atoms with E-state index >= 15 is 0 Å². The molecule has 2 fully saturated rings. The maximum Gasteiger partial charge on any atom is 0.274 e. The van der Waals surface area contributed by atoms with Crippen molar-refractivity contribution < 1.29 is 18.7 Å². The van der Waals surface area contributed by atoms with Crippen molar-refractivity contribution in [2.45, 2.75) is 50.8 Å². The number of aryl methyl sites for hydroxylation is 1. The number of rotatable bonds is 2. The number of hydrogen-bond acceptors (Lipinski definition) is 3. The lowest BCUT2D eigenvalue weighted by Gasteiger charge is -2.36. The molecule has 132 valence electrons. The lowest BCUT2D eigenvalue weighted by atomic mass is 9.99. The van der Waals surface area contributed by atoms with Crippen LogP contribution in [0.5, 0.6) is 0 Å². The van der Waals surface area contributed by atoms with Gasteiger partial charge in [0.25, 0.3) is 5.91 Å². The van der Waals surface area contributed by atoms with Crippen molar-refractivity contribution in [3.05, 3.63) is 47.3 Å². The summed E-state index contributed by atoms with van der Waals surface area (Å²) >= 11 is 0. The van der Waals surface area contributed by atoms with E-state index in [1.54, 1.807) is 13.0 Å². The third-order valence-electron chi connectivity index (χ3n) is 5.19. The Bertz CT molecular complexity index is 822. The van der Waals surface area contributed by atoms with Gasteiger partial charge in [-0.15, -0.1) is 0 Å². The smallest absolute Gasteiger partial charge is 0.274 e. The summed E-state index contributed by atoms with van der Waals surface area (Å²) in [6.07, 6.45) is 2.61. The van der Waals surface area contributed by atoms with Crippen LogP contribution in [0, 0.1) is 18.6 Å². The number of amides is 1. The molecule has 3 heterocycles. The highest BCUT2D eigenvalue weighted by atomic mass is 19.1. The Labute approximate surface area is 143 Å². The van der Waals surface area contributed by atoms with Gasteiger partial charge in [-0.25, -0.2) is 13.5 Å². The van der Waals surface area contributed by atoms with Crippen molar-refractivity contribution >= 4 is 5.91 Å². The summed E-state index contributed by atoms with van der Waals surface area (Å²) in [5, 5.41) is 14.1. The van der Waals surface area contributed by atoms with Crippen molar-refractivity contribution in [2.75, 3.05) is 0 Å². The first-order chi connectivity index (χ1) is 11.9. The highest BCUT2D eigenvalue weighted by molar-refractivity contribution is 5.93. The summed E-state index contributed by atoms with van der Waals surface area (Å²) in [5.74, 6) is -1.58. The number of aliphatic hydroxyl groups is 1. The average Bonchev–Trinajstić information content (AvgIpc) is 3.05. The topological polar surface area (TPSA) is 58.4 Å². The second-order valence-electron chi connectivity index (χ2n) is 6.90. The molecule has 1 amide bonds. The summed E-state index contributed by atoms with van der Waals surface area (Å²) in [7, 11) is 0. The minimum absolute atomic E-state index is 0.0364. The molecule has 2 aromatic rings. The van der Waals surface area contributed by atoms with Crippen LogP contribution in [0.3, 0.4) is 0 Å². The maximum atomic E-state index is 14.0. The van der Waals surface area contributed by atoms with E-state index in [2.05, 4.69) is 5.10 Å². The van der Waals surface area contributed by atoms with E-state index in [9.17, 15) is 18.7 Å².